The summed E-state index contributed by atoms with van der Waals surface area (Å²) in [5, 5.41) is 3.68. The summed E-state index contributed by atoms with van der Waals surface area (Å²) < 4.78 is 41.5. The lowest BCUT2D eigenvalue weighted by molar-refractivity contribution is -0.141. The molecule has 3 nitrogen and oxygen atoms in total. The highest BCUT2D eigenvalue weighted by atomic mass is 19.4. The number of rotatable bonds is 1. The number of aromatic nitrogens is 2. The molecular formula is C10H7F3N2O. The van der Waals surface area contributed by atoms with Gasteiger partial charge in [-0.3, -0.25) is 4.98 Å². The Balaban J connectivity index is 2.33. The van der Waals surface area contributed by atoms with Crippen molar-refractivity contribution in [3.8, 4) is 11.3 Å². The van der Waals surface area contributed by atoms with E-state index in [1.165, 1.54) is 6.07 Å². The maximum atomic E-state index is 12.2. The van der Waals surface area contributed by atoms with Gasteiger partial charge in [-0.15, -0.1) is 0 Å². The summed E-state index contributed by atoms with van der Waals surface area (Å²) in [6.07, 6.45) is -3.29. The van der Waals surface area contributed by atoms with Crippen LogP contribution in [0.2, 0.25) is 0 Å². The fourth-order valence-corrected chi connectivity index (χ4v) is 1.22. The Bertz CT molecular complexity index is 488. The summed E-state index contributed by atoms with van der Waals surface area (Å²) in [5.41, 5.74) is 0.0417. The Hall–Kier alpha value is -1.85. The lowest BCUT2D eigenvalue weighted by Gasteiger charge is -2.04. The second-order valence-electron chi connectivity index (χ2n) is 3.25. The van der Waals surface area contributed by atoms with Crippen LogP contribution in [0.3, 0.4) is 0 Å². The second-order valence-corrected chi connectivity index (χ2v) is 3.25. The first-order valence-electron chi connectivity index (χ1n) is 4.44. The van der Waals surface area contributed by atoms with E-state index < -0.39 is 11.9 Å². The van der Waals surface area contributed by atoms with Gasteiger partial charge in [0.05, 0.1) is 0 Å². The highest BCUT2D eigenvalue weighted by molar-refractivity contribution is 5.57. The summed E-state index contributed by atoms with van der Waals surface area (Å²) in [5.74, 6) is 0.592. The number of hydrogen-bond donors (Lipinski definition) is 0. The molecule has 0 aliphatic rings. The van der Waals surface area contributed by atoms with Gasteiger partial charge in [0.2, 0.25) is 0 Å². The van der Waals surface area contributed by atoms with Crippen LogP contribution >= 0.6 is 0 Å². The summed E-state index contributed by atoms with van der Waals surface area (Å²) in [6.45, 7) is 1.70. The van der Waals surface area contributed by atoms with Gasteiger partial charge in [-0.25, -0.2) is 0 Å². The predicted molar refractivity (Wildman–Crippen MR) is 49.5 cm³/mol. The number of halogens is 3. The first kappa shape index (κ1) is 10.7. The molecule has 2 aromatic heterocycles. The molecule has 0 radical (unpaired) electrons. The zero-order valence-electron chi connectivity index (χ0n) is 8.25. The van der Waals surface area contributed by atoms with Gasteiger partial charge in [0.15, 0.2) is 0 Å². The molecule has 0 spiro atoms. The molecule has 0 saturated carbocycles. The van der Waals surface area contributed by atoms with Gasteiger partial charge in [-0.1, -0.05) is 5.16 Å². The highest BCUT2D eigenvalue weighted by Gasteiger charge is 2.32. The number of nitrogens with zero attached hydrogens (tertiary/aromatic N) is 2. The number of hydrogen-bond acceptors (Lipinski definition) is 3. The quantitative estimate of drug-likeness (QED) is 0.752. The van der Waals surface area contributed by atoms with E-state index in [-0.39, 0.29) is 0 Å². The molecule has 16 heavy (non-hydrogen) atoms. The van der Waals surface area contributed by atoms with Crippen molar-refractivity contribution < 1.29 is 17.7 Å². The van der Waals surface area contributed by atoms with Crippen molar-refractivity contribution in [2.45, 2.75) is 13.1 Å². The topological polar surface area (TPSA) is 38.9 Å². The fourth-order valence-electron chi connectivity index (χ4n) is 1.22. The van der Waals surface area contributed by atoms with Crippen molar-refractivity contribution in [1.29, 1.82) is 0 Å². The lowest BCUT2D eigenvalue weighted by atomic mass is 10.2. The van der Waals surface area contributed by atoms with E-state index in [2.05, 4.69) is 10.1 Å². The first-order chi connectivity index (χ1) is 7.47. The number of pyridine rings is 1. The summed E-state index contributed by atoms with van der Waals surface area (Å²) in [7, 11) is 0. The Kier molecular flexibility index (Phi) is 2.41. The van der Waals surface area contributed by atoms with Crippen molar-refractivity contribution in [2.75, 3.05) is 0 Å². The molecular weight excluding hydrogens is 221 g/mol. The third kappa shape index (κ3) is 2.05. The molecule has 0 atom stereocenters. The number of aryl methyl sites for hydroxylation is 1. The molecule has 2 rings (SSSR count). The lowest BCUT2D eigenvalue weighted by Crippen LogP contribution is -2.07. The molecule has 84 valence electrons. The molecule has 0 aliphatic carbocycles. The van der Waals surface area contributed by atoms with Crippen molar-refractivity contribution in [3.63, 3.8) is 0 Å². The van der Waals surface area contributed by atoms with E-state index in [9.17, 15) is 13.2 Å². The van der Waals surface area contributed by atoms with Crippen molar-refractivity contribution in [3.05, 3.63) is 35.9 Å². The summed E-state index contributed by atoms with van der Waals surface area (Å²) in [6, 6.07) is 3.86. The van der Waals surface area contributed by atoms with Gasteiger partial charge in [0.25, 0.3) is 0 Å². The minimum atomic E-state index is -4.42. The molecule has 0 aliphatic heterocycles. The minimum absolute atomic E-state index is 0.471. The van der Waals surface area contributed by atoms with Crippen LogP contribution in [0.25, 0.3) is 11.3 Å². The van der Waals surface area contributed by atoms with Crippen molar-refractivity contribution >= 4 is 0 Å². The zero-order valence-corrected chi connectivity index (χ0v) is 8.25. The smallest absolute Gasteiger partial charge is 0.361 e. The Morgan fingerprint density at radius 1 is 1.25 bits per heavy atom. The average Bonchev–Trinajstić information content (AvgIpc) is 2.64. The highest BCUT2D eigenvalue weighted by Crippen LogP contribution is 2.28. The summed E-state index contributed by atoms with van der Waals surface area (Å²) >= 11 is 0. The van der Waals surface area contributed by atoms with Gasteiger partial charge in [-0.05, 0) is 19.1 Å². The second kappa shape index (κ2) is 3.62. The molecule has 6 heteroatoms. The van der Waals surface area contributed by atoms with Gasteiger partial charge < -0.3 is 4.52 Å². The maximum absolute atomic E-state index is 12.2. The van der Waals surface area contributed by atoms with Gasteiger partial charge in [-0.2, -0.15) is 13.2 Å². The van der Waals surface area contributed by atoms with E-state index in [1.54, 1.807) is 13.0 Å². The Morgan fingerprint density at radius 3 is 2.44 bits per heavy atom. The minimum Gasteiger partial charge on any atom is -0.361 e. The van der Waals surface area contributed by atoms with Crippen LogP contribution in [-0.4, -0.2) is 10.1 Å². The monoisotopic (exact) mass is 228 g/mol. The van der Waals surface area contributed by atoms with Crippen LogP contribution in [0.5, 0.6) is 0 Å². The molecule has 0 aromatic carbocycles. The Morgan fingerprint density at radius 2 is 2.00 bits per heavy atom. The molecule has 0 N–H and O–H groups in total. The molecule has 0 amide bonds. The van der Waals surface area contributed by atoms with Crippen molar-refractivity contribution in [1.82, 2.24) is 10.1 Å². The Labute approximate surface area is 88.9 Å². The maximum Gasteiger partial charge on any atom is 0.433 e. The molecule has 0 unspecified atom stereocenters. The molecule has 2 heterocycles. The third-order valence-corrected chi connectivity index (χ3v) is 1.98. The van der Waals surface area contributed by atoms with Crippen LogP contribution in [-0.2, 0) is 6.18 Å². The van der Waals surface area contributed by atoms with Crippen molar-refractivity contribution in [2.24, 2.45) is 0 Å². The average molecular weight is 228 g/mol. The molecule has 0 saturated heterocycles. The van der Waals surface area contributed by atoms with Crippen LogP contribution in [0.15, 0.2) is 28.9 Å². The zero-order chi connectivity index (χ0) is 11.8. The van der Waals surface area contributed by atoms with Gasteiger partial charge in [0.1, 0.15) is 17.1 Å². The van der Waals surface area contributed by atoms with Gasteiger partial charge in [0, 0.05) is 17.8 Å². The molecule has 0 bridgehead atoms. The standard InChI is InChI=1S/C10H7F3N2O/c1-6-4-8(15-16-6)7-2-3-9(14-5-7)10(11,12)13/h2-5H,1H3. The largest absolute Gasteiger partial charge is 0.433 e. The van der Waals surface area contributed by atoms with Gasteiger partial charge >= 0.3 is 6.18 Å². The fraction of sp³-hybridized carbons (Fsp3) is 0.200. The SMILES string of the molecule is Cc1cc(-c2ccc(C(F)(F)F)nc2)no1. The first-order valence-corrected chi connectivity index (χ1v) is 4.44. The normalized spacial score (nSPS) is 11.8. The van der Waals surface area contributed by atoms with E-state index >= 15 is 0 Å². The number of alkyl halides is 3. The van der Waals surface area contributed by atoms with Crippen LogP contribution in [0, 0.1) is 6.92 Å². The molecule has 2 aromatic rings. The predicted octanol–water partition coefficient (Wildman–Crippen LogP) is 3.06. The van der Waals surface area contributed by atoms with Crippen LogP contribution in [0.1, 0.15) is 11.5 Å². The van der Waals surface area contributed by atoms with Crippen LogP contribution in [0.4, 0.5) is 13.2 Å². The van der Waals surface area contributed by atoms with E-state index in [0.29, 0.717) is 17.0 Å². The van der Waals surface area contributed by atoms with E-state index in [0.717, 1.165) is 12.3 Å². The molecule has 0 fully saturated rings. The summed E-state index contributed by atoms with van der Waals surface area (Å²) in [4.78, 5) is 3.33. The third-order valence-electron chi connectivity index (χ3n) is 1.98. The van der Waals surface area contributed by atoms with E-state index in [4.69, 9.17) is 4.52 Å². The van der Waals surface area contributed by atoms with Crippen LogP contribution < -0.4 is 0 Å². The van der Waals surface area contributed by atoms with E-state index in [1.807, 2.05) is 0 Å².